The Morgan fingerprint density at radius 1 is 0.615 bits per heavy atom. The van der Waals surface area contributed by atoms with Crippen molar-refractivity contribution in [1.29, 1.82) is 0 Å². The maximum Gasteiger partial charge on any atom is 0.261 e. The van der Waals surface area contributed by atoms with E-state index < -0.39 is 16.2 Å². The molecule has 0 bridgehead atoms. The Balaban J connectivity index is 1.68. The number of rotatable bonds is 9. The topological polar surface area (TPSA) is 22.1 Å². The SMILES string of the molecule is CC(C)(C)[Si](O[C@H](CP(c1ccccc1)c1ccccc1)c1ccccn1)(c1ccccc1)c1ccccc1. The molecule has 0 saturated heterocycles. The van der Waals surface area contributed by atoms with Gasteiger partial charge in [-0.15, -0.1) is 0 Å². The van der Waals surface area contributed by atoms with Crippen LogP contribution >= 0.6 is 7.92 Å². The molecule has 0 N–H and O–H groups in total. The molecule has 2 nitrogen and oxygen atoms in total. The highest BCUT2D eigenvalue weighted by Gasteiger charge is 2.52. The van der Waals surface area contributed by atoms with Crippen LogP contribution in [0.3, 0.4) is 0 Å². The van der Waals surface area contributed by atoms with Crippen LogP contribution in [0.5, 0.6) is 0 Å². The molecule has 1 heterocycles. The van der Waals surface area contributed by atoms with Gasteiger partial charge in [0.1, 0.15) is 0 Å². The normalized spacial score (nSPS) is 12.8. The zero-order chi connectivity index (χ0) is 27.1. The van der Waals surface area contributed by atoms with Crippen molar-refractivity contribution in [1.82, 2.24) is 4.98 Å². The lowest BCUT2D eigenvalue weighted by Gasteiger charge is -2.45. The average Bonchev–Trinajstić information content (AvgIpc) is 2.99. The largest absolute Gasteiger partial charge is 0.399 e. The summed E-state index contributed by atoms with van der Waals surface area (Å²) in [7, 11) is -3.48. The molecule has 0 fully saturated rings. The van der Waals surface area contributed by atoms with Gasteiger partial charge in [0.25, 0.3) is 8.32 Å². The van der Waals surface area contributed by atoms with E-state index in [0.29, 0.717) is 0 Å². The predicted octanol–water partition coefficient (Wildman–Crippen LogP) is 6.83. The molecule has 0 aliphatic rings. The minimum atomic E-state index is -2.79. The van der Waals surface area contributed by atoms with Gasteiger partial charge in [0, 0.05) is 12.4 Å². The van der Waals surface area contributed by atoms with E-state index in [1.54, 1.807) is 0 Å². The second kappa shape index (κ2) is 12.2. The minimum absolute atomic E-state index is 0.120. The number of benzene rings is 4. The highest BCUT2D eigenvalue weighted by atomic mass is 31.1. The molecule has 5 aromatic rings. The molecule has 0 amide bonds. The van der Waals surface area contributed by atoms with Crippen LogP contribution in [0.15, 0.2) is 146 Å². The molecule has 39 heavy (non-hydrogen) atoms. The molecule has 0 unspecified atom stereocenters. The van der Waals surface area contributed by atoms with Gasteiger partial charge in [-0.3, -0.25) is 4.98 Å². The fraction of sp³-hybridized carbons (Fsp3) is 0.171. The molecule has 1 atom stereocenters. The third-order valence-electron chi connectivity index (χ3n) is 7.24. The Morgan fingerprint density at radius 2 is 1.05 bits per heavy atom. The van der Waals surface area contributed by atoms with Gasteiger partial charge in [0.2, 0.25) is 0 Å². The molecule has 0 radical (unpaired) electrons. The average molecular weight is 546 g/mol. The zero-order valence-corrected chi connectivity index (χ0v) is 24.8. The molecule has 4 heteroatoms. The lowest BCUT2D eigenvalue weighted by molar-refractivity contribution is 0.210. The Hall–Kier alpha value is -3.36. The van der Waals surface area contributed by atoms with Gasteiger partial charge in [0.05, 0.1) is 11.8 Å². The Bertz CT molecular complexity index is 1350. The van der Waals surface area contributed by atoms with Crippen molar-refractivity contribution in [3.63, 3.8) is 0 Å². The fourth-order valence-corrected chi connectivity index (χ4v) is 12.6. The third kappa shape index (κ3) is 5.97. The first-order valence-corrected chi connectivity index (χ1v) is 17.0. The van der Waals surface area contributed by atoms with Gasteiger partial charge in [-0.2, -0.15) is 0 Å². The summed E-state index contributed by atoms with van der Waals surface area (Å²) in [6.45, 7) is 7.02. The molecule has 1 aromatic heterocycles. The molecule has 5 rings (SSSR count). The third-order valence-corrected chi connectivity index (χ3v) is 14.8. The van der Waals surface area contributed by atoms with E-state index in [2.05, 4.69) is 154 Å². The van der Waals surface area contributed by atoms with Crippen molar-refractivity contribution >= 4 is 37.2 Å². The van der Waals surface area contributed by atoms with Gasteiger partial charge >= 0.3 is 0 Å². The Morgan fingerprint density at radius 3 is 1.46 bits per heavy atom. The second-order valence-electron chi connectivity index (χ2n) is 10.8. The maximum atomic E-state index is 7.73. The number of nitrogens with zero attached hydrogens (tertiary/aromatic N) is 1. The summed E-state index contributed by atoms with van der Waals surface area (Å²) in [4.78, 5) is 4.88. The van der Waals surface area contributed by atoms with Crippen molar-refractivity contribution in [2.45, 2.75) is 31.9 Å². The smallest absolute Gasteiger partial charge is 0.261 e. The first-order valence-electron chi connectivity index (χ1n) is 13.6. The van der Waals surface area contributed by atoms with Gasteiger partial charge in [-0.05, 0) is 46.1 Å². The number of aromatic nitrogens is 1. The van der Waals surface area contributed by atoms with Gasteiger partial charge in [-0.1, -0.05) is 148 Å². The molecular weight excluding hydrogens is 509 g/mol. The predicted molar refractivity (Wildman–Crippen MR) is 170 cm³/mol. The van der Waals surface area contributed by atoms with Crippen LogP contribution in [-0.2, 0) is 4.43 Å². The first kappa shape index (κ1) is 27.2. The van der Waals surface area contributed by atoms with Gasteiger partial charge in [0.15, 0.2) is 0 Å². The van der Waals surface area contributed by atoms with Crippen molar-refractivity contribution in [2.24, 2.45) is 0 Å². The van der Waals surface area contributed by atoms with Crippen LogP contribution in [-0.4, -0.2) is 19.5 Å². The van der Waals surface area contributed by atoms with Crippen molar-refractivity contribution in [3.05, 3.63) is 151 Å². The lowest BCUT2D eigenvalue weighted by Crippen LogP contribution is -2.67. The quantitative estimate of drug-likeness (QED) is 0.150. The minimum Gasteiger partial charge on any atom is -0.399 e. The Kier molecular flexibility index (Phi) is 8.52. The van der Waals surface area contributed by atoms with Gasteiger partial charge < -0.3 is 4.43 Å². The number of hydrogen-bond acceptors (Lipinski definition) is 2. The monoisotopic (exact) mass is 545 g/mol. The molecule has 0 aliphatic carbocycles. The summed E-state index contributed by atoms with van der Waals surface area (Å²) in [5.74, 6) is 0. The van der Waals surface area contributed by atoms with Crippen LogP contribution in [0.1, 0.15) is 32.6 Å². The van der Waals surface area contributed by atoms with E-state index >= 15 is 0 Å². The van der Waals surface area contributed by atoms with Crippen LogP contribution in [0.4, 0.5) is 0 Å². The molecule has 0 aliphatic heterocycles. The molecule has 0 spiro atoms. The molecular formula is C35H36NOPSi. The highest BCUT2D eigenvalue weighted by molar-refractivity contribution is 7.73. The molecule has 4 aromatic carbocycles. The van der Waals surface area contributed by atoms with Crippen LogP contribution in [0.25, 0.3) is 0 Å². The standard InChI is InChI=1S/C35H36NOPSi/c1-35(2,3)39(31-22-12-6-13-23-31,32-24-14-7-15-25-32)37-34(33-26-16-17-27-36-33)28-38(29-18-8-4-9-19-29)30-20-10-5-11-21-30/h4-27,34H,28H2,1-3H3/t34-/m1/s1. The van der Waals surface area contributed by atoms with E-state index in [4.69, 9.17) is 9.41 Å². The maximum absolute atomic E-state index is 7.73. The number of hydrogen-bond donors (Lipinski definition) is 0. The van der Waals surface area contributed by atoms with Crippen LogP contribution < -0.4 is 21.0 Å². The summed E-state index contributed by atoms with van der Waals surface area (Å²) in [6.07, 6.45) is 2.57. The highest BCUT2D eigenvalue weighted by Crippen LogP contribution is 2.44. The van der Waals surface area contributed by atoms with E-state index in [9.17, 15) is 0 Å². The first-order chi connectivity index (χ1) is 19.0. The van der Waals surface area contributed by atoms with Crippen molar-refractivity contribution in [2.75, 3.05) is 6.16 Å². The molecule has 196 valence electrons. The summed E-state index contributed by atoms with van der Waals surface area (Å²) < 4.78 is 7.73. The van der Waals surface area contributed by atoms with E-state index in [0.717, 1.165) is 11.9 Å². The van der Waals surface area contributed by atoms with Crippen LogP contribution in [0, 0.1) is 0 Å². The summed E-state index contributed by atoms with van der Waals surface area (Å²) in [5, 5.41) is 5.16. The van der Waals surface area contributed by atoms with E-state index in [1.165, 1.54) is 21.0 Å². The Labute approximate surface area is 235 Å². The van der Waals surface area contributed by atoms with E-state index in [1.807, 2.05) is 12.3 Å². The van der Waals surface area contributed by atoms with Crippen LogP contribution in [0.2, 0.25) is 5.04 Å². The van der Waals surface area contributed by atoms with Crippen molar-refractivity contribution in [3.8, 4) is 0 Å². The second-order valence-corrected chi connectivity index (χ2v) is 17.3. The summed E-state index contributed by atoms with van der Waals surface area (Å²) >= 11 is 0. The summed E-state index contributed by atoms with van der Waals surface area (Å²) in [5.41, 5.74) is 0.991. The lowest BCUT2D eigenvalue weighted by atomic mass is 10.2. The van der Waals surface area contributed by atoms with Crippen molar-refractivity contribution < 1.29 is 4.43 Å². The summed E-state index contributed by atoms with van der Waals surface area (Å²) in [6, 6.07) is 49.8. The fourth-order valence-electron chi connectivity index (χ4n) is 5.40. The van der Waals surface area contributed by atoms with E-state index in [-0.39, 0.29) is 11.1 Å². The number of pyridine rings is 1. The van der Waals surface area contributed by atoms with Gasteiger partial charge in [-0.25, -0.2) is 0 Å². The zero-order valence-electron chi connectivity index (χ0n) is 22.9. The molecule has 0 saturated carbocycles.